The lowest BCUT2D eigenvalue weighted by molar-refractivity contribution is 0.411. The maximum Gasteiger partial charge on any atom is 0.127 e. The third-order valence-electron chi connectivity index (χ3n) is 5.60. The summed E-state index contributed by atoms with van der Waals surface area (Å²) in [6.45, 7) is 4.37. The van der Waals surface area contributed by atoms with Gasteiger partial charge in [-0.05, 0) is 57.6 Å². The fourth-order valence-corrected chi connectivity index (χ4v) is 4.01. The summed E-state index contributed by atoms with van der Waals surface area (Å²) in [7, 11) is 3.47. The highest BCUT2D eigenvalue weighted by Gasteiger charge is 2.18. The molecule has 0 fully saturated rings. The normalized spacial score (nSPS) is 11.1. The number of hydrogen-bond donors (Lipinski definition) is 0. The van der Waals surface area contributed by atoms with Crippen LogP contribution in [0, 0.1) is 0 Å². The molecule has 0 N–H and O–H groups in total. The fraction of sp³-hybridized carbons (Fsp3) is 0.231. The zero-order valence-corrected chi connectivity index (χ0v) is 17.0. The van der Waals surface area contributed by atoms with Gasteiger partial charge in [0.05, 0.1) is 14.2 Å². The number of fused-ring (bicyclic) bond motifs is 2. The Balaban J connectivity index is 2.13. The summed E-state index contributed by atoms with van der Waals surface area (Å²) in [4.78, 5) is 0. The van der Waals surface area contributed by atoms with Crippen LogP contribution in [0.3, 0.4) is 0 Å². The van der Waals surface area contributed by atoms with Gasteiger partial charge in [0.1, 0.15) is 11.5 Å². The van der Waals surface area contributed by atoms with E-state index in [9.17, 15) is 0 Å². The first-order chi connectivity index (χ1) is 13.7. The molecule has 0 aromatic heterocycles. The summed E-state index contributed by atoms with van der Waals surface area (Å²) in [5, 5.41) is 4.81. The van der Waals surface area contributed by atoms with Crippen LogP contribution in [-0.2, 0) is 12.8 Å². The molecule has 0 aliphatic heterocycles. The van der Waals surface area contributed by atoms with Crippen molar-refractivity contribution in [1.82, 2.24) is 0 Å². The molecule has 2 heteroatoms. The van der Waals surface area contributed by atoms with Gasteiger partial charge in [-0.2, -0.15) is 0 Å². The van der Waals surface area contributed by atoms with Gasteiger partial charge < -0.3 is 9.47 Å². The Morgan fingerprint density at radius 2 is 1.00 bits per heavy atom. The molecule has 0 bridgehead atoms. The fourth-order valence-electron chi connectivity index (χ4n) is 4.01. The minimum absolute atomic E-state index is 0.863. The molecular formula is C26H26O2. The van der Waals surface area contributed by atoms with Crippen molar-refractivity contribution in [3.8, 4) is 22.6 Å². The van der Waals surface area contributed by atoms with Crippen molar-refractivity contribution in [2.75, 3.05) is 14.2 Å². The second-order valence-corrected chi connectivity index (χ2v) is 7.10. The summed E-state index contributed by atoms with van der Waals surface area (Å²) < 4.78 is 11.6. The van der Waals surface area contributed by atoms with Crippen molar-refractivity contribution < 1.29 is 9.47 Å². The average molecular weight is 370 g/mol. The molecule has 0 atom stereocenters. The molecule has 0 spiro atoms. The zero-order chi connectivity index (χ0) is 19.7. The minimum atomic E-state index is 0.863. The SMILES string of the molecule is CCc1ccc2c(-c3c(OC)ccc4cc(CC)ccc34)c(OC)ccc2c1. The first kappa shape index (κ1) is 18.4. The standard InChI is InChI=1S/C26H26O2/c1-5-17-7-11-21-19(15-17)9-13-23(27-3)25(21)26-22-12-8-18(6-2)16-20(22)10-14-24(26)28-4/h7-16H,5-6H2,1-4H3. The molecule has 0 saturated heterocycles. The summed E-state index contributed by atoms with van der Waals surface area (Å²) in [6.07, 6.45) is 2.05. The van der Waals surface area contributed by atoms with Gasteiger partial charge in [-0.25, -0.2) is 0 Å². The third-order valence-corrected chi connectivity index (χ3v) is 5.60. The van der Waals surface area contributed by atoms with Gasteiger partial charge in [0.25, 0.3) is 0 Å². The van der Waals surface area contributed by atoms with Crippen molar-refractivity contribution in [3.63, 3.8) is 0 Å². The van der Waals surface area contributed by atoms with Crippen LogP contribution in [0.25, 0.3) is 32.7 Å². The molecule has 28 heavy (non-hydrogen) atoms. The Labute approximate surface area is 166 Å². The molecule has 0 saturated carbocycles. The lowest BCUT2D eigenvalue weighted by Gasteiger charge is -2.18. The topological polar surface area (TPSA) is 18.5 Å². The van der Waals surface area contributed by atoms with Crippen molar-refractivity contribution in [3.05, 3.63) is 71.8 Å². The van der Waals surface area contributed by atoms with Gasteiger partial charge in [-0.3, -0.25) is 0 Å². The van der Waals surface area contributed by atoms with Crippen LogP contribution in [0.4, 0.5) is 0 Å². The van der Waals surface area contributed by atoms with Gasteiger partial charge in [0.2, 0.25) is 0 Å². The Hall–Kier alpha value is -3.00. The van der Waals surface area contributed by atoms with Crippen LogP contribution in [0.15, 0.2) is 60.7 Å². The van der Waals surface area contributed by atoms with Gasteiger partial charge in [-0.1, -0.05) is 62.4 Å². The first-order valence-corrected chi connectivity index (χ1v) is 9.89. The van der Waals surface area contributed by atoms with Crippen molar-refractivity contribution >= 4 is 21.5 Å². The van der Waals surface area contributed by atoms with Gasteiger partial charge in [-0.15, -0.1) is 0 Å². The number of methoxy groups -OCH3 is 2. The van der Waals surface area contributed by atoms with E-state index in [1.54, 1.807) is 14.2 Å². The Morgan fingerprint density at radius 3 is 1.36 bits per heavy atom. The molecule has 0 unspecified atom stereocenters. The smallest absolute Gasteiger partial charge is 0.127 e. The van der Waals surface area contributed by atoms with E-state index >= 15 is 0 Å². The molecule has 0 aliphatic carbocycles. The molecule has 4 aromatic rings. The number of hydrogen-bond acceptors (Lipinski definition) is 2. The third kappa shape index (κ3) is 2.99. The van der Waals surface area contributed by atoms with Crippen LogP contribution in [0.1, 0.15) is 25.0 Å². The van der Waals surface area contributed by atoms with E-state index in [-0.39, 0.29) is 0 Å². The van der Waals surface area contributed by atoms with Crippen LogP contribution < -0.4 is 9.47 Å². The van der Waals surface area contributed by atoms with E-state index in [4.69, 9.17) is 9.47 Å². The maximum atomic E-state index is 5.80. The highest BCUT2D eigenvalue weighted by atomic mass is 16.5. The predicted molar refractivity (Wildman–Crippen MR) is 119 cm³/mol. The first-order valence-electron chi connectivity index (χ1n) is 9.89. The molecule has 4 aromatic carbocycles. The summed E-state index contributed by atoms with van der Waals surface area (Å²) >= 11 is 0. The number of benzene rings is 4. The molecule has 0 heterocycles. The molecule has 2 nitrogen and oxygen atoms in total. The molecular weight excluding hydrogens is 344 g/mol. The zero-order valence-electron chi connectivity index (χ0n) is 17.0. The molecule has 0 aliphatic rings. The monoisotopic (exact) mass is 370 g/mol. The minimum Gasteiger partial charge on any atom is -0.496 e. The molecule has 0 amide bonds. The van der Waals surface area contributed by atoms with Crippen LogP contribution in [0.5, 0.6) is 11.5 Å². The van der Waals surface area contributed by atoms with Crippen molar-refractivity contribution in [2.24, 2.45) is 0 Å². The Kier molecular flexibility index (Phi) is 4.95. The van der Waals surface area contributed by atoms with E-state index < -0.39 is 0 Å². The van der Waals surface area contributed by atoms with Gasteiger partial charge >= 0.3 is 0 Å². The van der Waals surface area contributed by atoms with Crippen LogP contribution in [0.2, 0.25) is 0 Å². The Morgan fingerprint density at radius 1 is 0.571 bits per heavy atom. The highest BCUT2D eigenvalue weighted by molar-refractivity contribution is 6.10. The summed E-state index contributed by atoms with van der Waals surface area (Å²) in [5.74, 6) is 1.73. The summed E-state index contributed by atoms with van der Waals surface area (Å²) in [5.41, 5.74) is 4.85. The second kappa shape index (κ2) is 7.55. The number of ether oxygens (including phenoxy) is 2. The van der Waals surface area contributed by atoms with Crippen LogP contribution in [-0.4, -0.2) is 14.2 Å². The average Bonchev–Trinajstić information content (AvgIpc) is 2.76. The highest BCUT2D eigenvalue weighted by Crippen LogP contribution is 2.45. The lowest BCUT2D eigenvalue weighted by Crippen LogP contribution is -1.95. The van der Waals surface area contributed by atoms with E-state index in [2.05, 4.69) is 74.5 Å². The largest absolute Gasteiger partial charge is 0.496 e. The van der Waals surface area contributed by atoms with Crippen molar-refractivity contribution in [2.45, 2.75) is 26.7 Å². The predicted octanol–water partition coefficient (Wildman–Crippen LogP) is 6.80. The molecule has 4 rings (SSSR count). The van der Waals surface area contributed by atoms with E-state index in [0.29, 0.717) is 0 Å². The van der Waals surface area contributed by atoms with E-state index in [0.717, 1.165) is 35.5 Å². The van der Waals surface area contributed by atoms with E-state index in [1.165, 1.54) is 32.7 Å². The van der Waals surface area contributed by atoms with E-state index in [1.807, 2.05) is 0 Å². The second-order valence-electron chi connectivity index (χ2n) is 7.10. The number of rotatable bonds is 5. The van der Waals surface area contributed by atoms with Gasteiger partial charge in [0.15, 0.2) is 0 Å². The molecule has 0 radical (unpaired) electrons. The summed E-state index contributed by atoms with van der Waals surface area (Å²) in [6, 6.07) is 21.8. The lowest BCUT2D eigenvalue weighted by atomic mass is 9.90. The van der Waals surface area contributed by atoms with Crippen LogP contribution >= 0.6 is 0 Å². The maximum absolute atomic E-state index is 5.80. The quantitative estimate of drug-likeness (QED) is 0.384. The number of aryl methyl sites for hydroxylation is 2. The van der Waals surface area contributed by atoms with Crippen molar-refractivity contribution in [1.29, 1.82) is 0 Å². The van der Waals surface area contributed by atoms with Gasteiger partial charge in [0, 0.05) is 11.1 Å². The molecule has 142 valence electrons. The Bertz CT molecular complexity index is 1060.